The van der Waals surface area contributed by atoms with Crippen molar-refractivity contribution in [3.05, 3.63) is 102 Å². The van der Waals surface area contributed by atoms with E-state index in [0.717, 1.165) is 39.7 Å². The lowest BCUT2D eigenvalue weighted by molar-refractivity contribution is -0.137. The van der Waals surface area contributed by atoms with E-state index in [1.165, 1.54) is 50.6 Å². The molecule has 15 heteroatoms. The molecule has 0 radical (unpaired) electrons. The van der Waals surface area contributed by atoms with Crippen LogP contribution in [0.15, 0.2) is 94.7 Å². The van der Waals surface area contributed by atoms with Gasteiger partial charge in [-0.1, -0.05) is 12.1 Å². The van der Waals surface area contributed by atoms with E-state index in [0.29, 0.717) is 11.8 Å². The number of halogens is 3. The molecule has 0 aromatic heterocycles. The van der Waals surface area contributed by atoms with Gasteiger partial charge in [-0.3, -0.25) is 13.8 Å². The Balaban J connectivity index is 1.57. The van der Waals surface area contributed by atoms with Crippen LogP contribution in [-0.4, -0.2) is 43.5 Å². The van der Waals surface area contributed by atoms with Gasteiger partial charge in [-0.25, -0.2) is 16.8 Å². The lowest BCUT2D eigenvalue weighted by Crippen LogP contribution is -2.38. The van der Waals surface area contributed by atoms with Crippen LogP contribution in [0.25, 0.3) is 0 Å². The van der Waals surface area contributed by atoms with E-state index in [-0.39, 0.29) is 32.6 Å². The van der Waals surface area contributed by atoms with Crippen molar-refractivity contribution in [2.24, 2.45) is 0 Å². The Hall–Kier alpha value is -4.76. The monoisotopic (exact) mass is 677 g/mol. The van der Waals surface area contributed by atoms with Gasteiger partial charge in [0.05, 0.1) is 35.3 Å². The van der Waals surface area contributed by atoms with Crippen molar-refractivity contribution in [2.45, 2.75) is 29.8 Å². The first-order valence-corrected chi connectivity index (χ1v) is 16.4. The maximum absolute atomic E-state index is 13.9. The smallest absolute Gasteiger partial charge is 0.416 e. The highest BCUT2D eigenvalue weighted by Crippen LogP contribution is 2.33. The molecule has 0 heterocycles. The van der Waals surface area contributed by atoms with Crippen LogP contribution in [-0.2, 0) is 31.0 Å². The molecule has 2 N–H and O–H groups in total. The fraction of sp³-hybridized carbons (Fsp3) is 0.194. The minimum atomic E-state index is -4.66. The molecule has 0 spiro atoms. The van der Waals surface area contributed by atoms with Crippen molar-refractivity contribution < 1.29 is 44.3 Å². The Morgan fingerprint density at radius 2 is 1.37 bits per heavy atom. The maximum Gasteiger partial charge on any atom is 0.416 e. The van der Waals surface area contributed by atoms with Crippen LogP contribution < -0.4 is 23.8 Å². The quantitative estimate of drug-likeness (QED) is 0.200. The second-order valence-corrected chi connectivity index (χ2v) is 13.7. The van der Waals surface area contributed by atoms with Crippen molar-refractivity contribution in [1.82, 2.24) is 0 Å². The average Bonchev–Trinajstić information content (AvgIpc) is 2.98. The number of ether oxygens (including phenoxy) is 2. The van der Waals surface area contributed by atoms with Crippen LogP contribution >= 0.6 is 0 Å². The number of carbonyl (C=O) groups excluding carboxylic acids is 1. The second-order valence-electron chi connectivity index (χ2n) is 10.1. The summed E-state index contributed by atoms with van der Waals surface area (Å²) in [5, 5.41) is 2.56. The zero-order valence-corrected chi connectivity index (χ0v) is 26.7. The standard InChI is InChI=1S/C31H30F3N3O7S2/c1-20-14-21(2)16-25(15-20)37(46(41,42)27-12-13-28(43-3)29(18-27)44-4)19-30(38)35-23-8-10-26(11-9-23)45(39,40)36-24-7-5-6-22(17-24)31(32,33)34/h5-18,36H,19H2,1-4H3,(H,35,38). The predicted molar refractivity (Wildman–Crippen MR) is 167 cm³/mol. The highest BCUT2D eigenvalue weighted by atomic mass is 32.2. The van der Waals surface area contributed by atoms with E-state index in [9.17, 15) is 34.8 Å². The number of hydrogen-bond donors (Lipinski definition) is 2. The first kappa shape index (κ1) is 34.1. The Bertz CT molecular complexity index is 1950. The summed E-state index contributed by atoms with van der Waals surface area (Å²) in [5.74, 6) is -0.250. The molecule has 4 rings (SSSR count). The number of aryl methyl sites for hydroxylation is 2. The highest BCUT2D eigenvalue weighted by Gasteiger charge is 2.31. The van der Waals surface area contributed by atoms with Crippen molar-refractivity contribution in [2.75, 3.05) is 35.1 Å². The molecular weight excluding hydrogens is 647 g/mol. The highest BCUT2D eigenvalue weighted by molar-refractivity contribution is 7.93. The molecule has 0 aliphatic heterocycles. The minimum Gasteiger partial charge on any atom is -0.493 e. The molecule has 0 aliphatic rings. The van der Waals surface area contributed by atoms with Crippen LogP contribution in [0, 0.1) is 13.8 Å². The van der Waals surface area contributed by atoms with Gasteiger partial charge in [0.25, 0.3) is 20.0 Å². The average molecular weight is 678 g/mol. The van der Waals surface area contributed by atoms with E-state index in [2.05, 4.69) is 10.0 Å². The van der Waals surface area contributed by atoms with Gasteiger partial charge in [0.2, 0.25) is 5.91 Å². The molecule has 0 bridgehead atoms. The molecule has 0 fully saturated rings. The zero-order chi connectivity index (χ0) is 33.9. The minimum absolute atomic E-state index is 0.145. The molecule has 1 amide bonds. The summed E-state index contributed by atoms with van der Waals surface area (Å²) in [6.07, 6.45) is -4.66. The topological polar surface area (TPSA) is 131 Å². The molecule has 0 saturated carbocycles. The van der Waals surface area contributed by atoms with Gasteiger partial charge in [0, 0.05) is 17.4 Å². The van der Waals surface area contributed by atoms with E-state index < -0.39 is 44.2 Å². The number of hydrogen-bond acceptors (Lipinski definition) is 7. The molecule has 0 atom stereocenters. The zero-order valence-electron chi connectivity index (χ0n) is 25.0. The summed E-state index contributed by atoms with van der Waals surface area (Å²) in [6, 6.07) is 17.7. The van der Waals surface area contributed by atoms with Crippen LogP contribution in [0.1, 0.15) is 16.7 Å². The Kier molecular flexibility index (Phi) is 9.87. The van der Waals surface area contributed by atoms with Crippen molar-refractivity contribution in [1.29, 1.82) is 0 Å². The van der Waals surface area contributed by atoms with E-state index in [1.807, 2.05) is 6.07 Å². The molecule has 4 aromatic carbocycles. The third kappa shape index (κ3) is 7.90. The number of nitrogens with zero attached hydrogens (tertiary/aromatic N) is 1. The van der Waals surface area contributed by atoms with Gasteiger partial charge in [-0.05, 0) is 91.7 Å². The molecule has 244 valence electrons. The lowest BCUT2D eigenvalue weighted by Gasteiger charge is -2.25. The third-order valence-electron chi connectivity index (χ3n) is 6.62. The molecule has 0 saturated heterocycles. The van der Waals surface area contributed by atoms with Crippen molar-refractivity contribution in [3.63, 3.8) is 0 Å². The number of carbonyl (C=O) groups is 1. The first-order valence-electron chi connectivity index (χ1n) is 13.5. The largest absolute Gasteiger partial charge is 0.493 e. The van der Waals surface area contributed by atoms with Gasteiger partial charge >= 0.3 is 6.18 Å². The second kappa shape index (κ2) is 13.3. The number of sulfonamides is 2. The fourth-order valence-corrected chi connectivity index (χ4v) is 7.01. The molecule has 4 aromatic rings. The first-order chi connectivity index (χ1) is 21.5. The number of amides is 1. The number of rotatable bonds is 11. The number of benzene rings is 4. The summed E-state index contributed by atoms with van der Waals surface area (Å²) >= 11 is 0. The summed E-state index contributed by atoms with van der Waals surface area (Å²) in [6.45, 7) is 2.93. The Labute approximate surface area is 264 Å². The maximum atomic E-state index is 13.9. The summed E-state index contributed by atoms with van der Waals surface area (Å²) < 4.78 is 106. The molecule has 0 aliphatic carbocycles. The SMILES string of the molecule is COc1ccc(S(=O)(=O)N(CC(=O)Nc2ccc(S(=O)(=O)Nc3cccc(C(F)(F)F)c3)cc2)c2cc(C)cc(C)c2)cc1OC. The Morgan fingerprint density at radius 3 is 1.96 bits per heavy atom. The van der Waals surface area contributed by atoms with Gasteiger partial charge in [0.1, 0.15) is 6.54 Å². The van der Waals surface area contributed by atoms with E-state index in [1.54, 1.807) is 26.0 Å². The Morgan fingerprint density at radius 1 is 0.761 bits per heavy atom. The van der Waals surface area contributed by atoms with Crippen LogP contribution in [0.2, 0.25) is 0 Å². The van der Waals surface area contributed by atoms with Gasteiger partial charge in [0.15, 0.2) is 11.5 Å². The van der Waals surface area contributed by atoms with Crippen LogP contribution in [0.4, 0.5) is 30.2 Å². The van der Waals surface area contributed by atoms with Gasteiger partial charge in [-0.15, -0.1) is 0 Å². The van der Waals surface area contributed by atoms with Crippen molar-refractivity contribution in [3.8, 4) is 11.5 Å². The van der Waals surface area contributed by atoms with Crippen molar-refractivity contribution >= 4 is 43.0 Å². The molecule has 0 unspecified atom stereocenters. The fourth-order valence-electron chi connectivity index (χ4n) is 4.54. The number of methoxy groups -OCH3 is 2. The molecular formula is C31H30F3N3O7S2. The van der Waals surface area contributed by atoms with E-state index in [4.69, 9.17) is 9.47 Å². The summed E-state index contributed by atoms with van der Waals surface area (Å²) in [5.41, 5.74) is 0.608. The summed E-state index contributed by atoms with van der Waals surface area (Å²) in [7, 11) is -5.83. The third-order valence-corrected chi connectivity index (χ3v) is 9.78. The van der Waals surface area contributed by atoms with Gasteiger partial charge in [-0.2, -0.15) is 13.2 Å². The molecule has 46 heavy (non-hydrogen) atoms. The number of anilines is 3. The summed E-state index contributed by atoms with van der Waals surface area (Å²) in [4.78, 5) is 12.8. The van der Waals surface area contributed by atoms with Crippen LogP contribution in [0.3, 0.4) is 0 Å². The lowest BCUT2D eigenvalue weighted by atomic mass is 10.1. The molecule has 10 nitrogen and oxygen atoms in total. The number of alkyl halides is 3. The predicted octanol–water partition coefficient (Wildman–Crippen LogP) is 5.97. The van der Waals surface area contributed by atoms with Crippen LogP contribution in [0.5, 0.6) is 11.5 Å². The number of nitrogens with one attached hydrogen (secondary N) is 2. The normalized spacial score (nSPS) is 11.9. The van der Waals surface area contributed by atoms with Gasteiger partial charge < -0.3 is 14.8 Å². The van der Waals surface area contributed by atoms with E-state index >= 15 is 0 Å².